The number of thiocarbonyl (C=S) groups is 1. The molecular formula is C10H14N4OS. The van der Waals surface area contributed by atoms with Crippen LogP contribution in [0.4, 0.5) is 5.82 Å². The van der Waals surface area contributed by atoms with Gasteiger partial charge >= 0.3 is 0 Å². The Hall–Kier alpha value is -1.27. The maximum absolute atomic E-state index is 9.44. The van der Waals surface area contributed by atoms with Crippen LogP contribution in [-0.4, -0.2) is 39.3 Å². The smallest absolute Gasteiger partial charge is 0.157 e. The van der Waals surface area contributed by atoms with E-state index >= 15 is 0 Å². The fraction of sp³-hybridized carbons (Fsp3) is 0.500. The van der Waals surface area contributed by atoms with Crippen molar-refractivity contribution in [2.24, 2.45) is 5.73 Å². The lowest BCUT2D eigenvalue weighted by molar-refractivity contribution is 0.145. The zero-order chi connectivity index (χ0) is 11.5. The number of anilines is 1. The van der Waals surface area contributed by atoms with Gasteiger partial charge in [-0.1, -0.05) is 12.2 Å². The van der Waals surface area contributed by atoms with E-state index in [0.717, 1.165) is 31.7 Å². The first kappa shape index (κ1) is 11.2. The highest BCUT2D eigenvalue weighted by Crippen LogP contribution is 2.20. The third-order valence-corrected chi connectivity index (χ3v) is 2.87. The molecule has 0 saturated carbocycles. The second-order valence-corrected chi connectivity index (χ2v) is 4.25. The summed E-state index contributed by atoms with van der Waals surface area (Å²) in [6.45, 7) is 1.52. The predicted molar refractivity (Wildman–Crippen MR) is 65.4 cm³/mol. The average molecular weight is 238 g/mol. The van der Waals surface area contributed by atoms with E-state index in [2.05, 4.69) is 14.9 Å². The number of piperidine rings is 1. The molecule has 1 aliphatic heterocycles. The van der Waals surface area contributed by atoms with Gasteiger partial charge in [0.2, 0.25) is 0 Å². The number of aliphatic hydroxyl groups is 1. The lowest BCUT2D eigenvalue weighted by Crippen LogP contribution is -2.37. The molecule has 0 atom stereocenters. The molecule has 0 aromatic carbocycles. The quantitative estimate of drug-likeness (QED) is 0.710. The highest BCUT2D eigenvalue weighted by molar-refractivity contribution is 7.80. The van der Waals surface area contributed by atoms with Crippen LogP contribution in [0.15, 0.2) is 12.4 Å². The summed E-state index contributed by atoms with van der Waals surface area (Å²) in [6, 6.07) is 0. The highest BCUT2D eigenvalue weighted by atomic mass is 32.1. The number of nitrogens with two attached hydrogens (primary N) is 1. The second kappa shape index (κ2) is 4.71. The van der Waals surface area contributed by atoms with E-state index in [1.165, 1.54) is 0 Å². The van der Waals surface area contributed by atoms with E-state index in [1.54, 1.807) is 12.4 Å². The van der Waals surface area contributed by atoms with Crippen LogP contribution in [0, 0.1) is 0 Å². The molecule has 1 fully saturated rings. The van der Waals surface area contributed by atoms with Gasteiger partial charge in [0.1, 0.15) is 10.7 Å². The standard InChI is InChI=1S/C10H14N4OS/c11-9(16)8-10(13-4-3-12-8)14-5-1-7(15)2-6-14/h3-4,7,15H,1-2,5-6H2,(H2,11,16). The molecule has 0 unspecified atom stereocenters. The van der Waals surface area contributed by atoms with Crippen LogP contribution in [-0.2, 0) is 0 Å². The van der Waals surface area contributed by atoms with Gasteiger partial charge in [-0.2, -0.15) is 0 Å². The van der Waals surface area contributed by atoms with E-state index < -0.39 is 0 Å². The Balaban J connectivity index is 2.23. The topological polar surface area (TPSA) is 75.3 Å². The summed E-state index contributed by atoms with van der Waals surface area (Å²) in [4.78, 5) is 10.7. The van der Waals surface area contributed by atoms with Crippen molar-refractivity contribution in [1.29, 1.82) is 0 Å². The van der Waals surface area contributed by atoms with Crippen LogP contribution in [0.25, 0.3) is 0 Å². The third kappa shape index (κ3) is 2.28. The van der Waals surface area contributed by atoms with E-state index in [-0.39, 0.29) is 11.1 Å². The van der Waals surface area contributed by atoms with Crippen molar-refractivity contribution in [1.82, 2.24) is 9.97 Å². The zero-order valence-electron chi connectivity index (χ0n) is 8.83. The molecule has 0 radical (unpaired) electrons. The van der Waals surface area contributed by atoms with E-state index in [9.17, 15) is 5.11 Å². The third-order valence-electron chi connectivity index (χ3n) is 2.68. The van der Waals surface area contributed by atoms with Gasteiger partial charge in [0.05, 0.1) is 6.10 Å². The number of nitrogens with zero attached hydrogens (tertiary/aromatic N) is 3. The van der Waals surface area contributed by atoms with Gasteiger partial charge in [-0.15, -0.1) is 0 Å². The van der Waals surface area contributed by atoms with Crippen molar-refractivity contribution in [3.63, 3.8) is 0 Å². The first-order valence-electron chi connectivity index (χ1n) is 5.22. The predicted octanol–water partition coefficient (Wildman–Crippen LogP) is 0.0719. The van der Waals surface area contributed by atoms with Gasteiger partial charge in [0.25, 0.3) is 0 Å². The van der Waals surface area contributed by atoms with E-state index in [4.69, 9.17) is 18.0 Å². The van der Waals surface area contributed by atoms with Gasteiger partial charge in [0.15, 0.2) is 5.82 Å². The van der Waals surface area contributed by atoms with Gasteiger partial charge in [-0.05, 0) is 12.8 Å². The number of hydrogen-bond donors (Lipinski definition) is 2. The van der Waals surface area contributed by atoms with Crippen molar-refractivity contribution in [2.75, 3.05) is 18.0 Å². The molecule has 0 amide bonds. The van der Waals surface area contributed by atoms with Crippen LogP contribution < -0.4 is 10.6 Å². The van der Waals surface area contributed by atoms with E-state index in [1.807, 2.05) is 0 Å². The van der Waals surface area contributed by atoms with Gasteiger partial charge in [-0.3, -0.25) is 0 Å². The molecule has 0 spiro atoms. The molecule has 6 heteroatoms. The molecular weight excluding hydrogens is 224 g/mol. The molecule has 1 saturated heterocycles. The molecule has 0 aliphatic carbocycles. The summed E-state index contributed by atoms with van der Waals surface area (Å²) in [5.41, 5.74) is 6.17. The summed E-state index contributed by atoms with van der Waals surface area (Å²) < 4.78 is 0. The summed E-state index contributed by atoms with van der Waals surface area (Å²) in [7, 11) is 0. The average Bonchev–Trinajstić information content (AvgIpc) is 2.30. The molecule has 2 rings (SSSR count). The minimum absolute atomic E-state index is 0.207. The van der Waals surface area contributed by atoms with Crippen LogP contribution in [0.5, 0.6) is 0 Å². The Morgan fingerprint density at radius 1 is 1.38 bits per heavy atom. The Labute approximate surface area is 99.3 Å². The number of rotatable bonds is 2. The Morgan fingerprint density at radius 2 is 2.00 bits per heavy atom. The van der Waals surface area contributed by atoms with Crippen molar-refractivity contribution in [3.05, 3.63) is 18.1 Å². The maximum atomic E-state index is 9.44. The summed E-state index contributed by atoms with van der Waals surface area (Å²) in [5, 5.41) is 9.44. The summed E-state index contributed by atoms with van der Waals surface area (Å²) >= 11 is 4.94. The Kier molecular flexibility index (Phi) is 3.31. The number of aromatic nitrogens is 2. The lowest BCUT2D eigenvalue weighted by atomic mass is 10.1. The minimum atomic E-state index is -0.207. The fourth-order valence-corrected chi connectivity index (χ4v) is 1.96. The van der Waals surface area contributed by atoms with Crippen molar-refractivity contribution >= 4 is 23.0 Å². The van der Waals surface area contributed by atoms with E-state index in [0.29, 0.717) is 5.69 Å². The van der Waals surface area contributed by atoms with Crippen LogP contribution in [0.2, 0.25) is 0 Å². The normalized spacial score (nSPS) is 17.4. The van der Waals surface area contributed by atoms with Crippen LogP contribution in [0.3, 0.4) is 0 Å². The molecule has 2 heterocycles. The number of hydrogen-bond acceptors (Lipinski definition) is 5. The van der Waals surface area contributed by atoms with Crippen molar-refractivity contribution < 1.29 is 5.11 Å². The molecule has 1 aromatic rings. The lowest BCUT2D eigenvalue weighted by Gasteiger charge is -2.31. The first-order valence-corrected chi connectivity index (χ1v) is 5.63. The molecule has 5 nitrogen and oxygen atoms in total. The summed E-state index contributed by atoms with van der Waals surface area (Å²) in [5.74, 6) is 0.724. The second-order valence-electron chi connectivity index (χ2n) is 3.81. The molecule has 16 heavy (non-hydrogen) atoms. The summed E-state index contributed by atoms with van der Waals surface area (Å²) in [6.07, 6.45) is 4.49. The molecule has 0 bridgehead atoms. The van der Waals surface area contributed by atoms with Crippen LogP contribution >= 0.6 is 12.2 Å². The molecule has 1 aromatic heterocycles. The van der Waals surface area contributed by atoms with Gasteiger partial charge < -0.3 is 15.7 Å². The highest BCUT2D eigenvalue weighted by Gasteiger charge is 2.21. The van der Waals surface area contributed by atoms with Crippen LogP contribution in [0.1, 0.15) is 18.5 Å². The molecule has 3 N–H and O–H groups in total. The number of aliphatic hydroxyl groups excluding tert-OH is 1. The molecule has 86 valence electrons. The van der Waals surface area contributed by atoms with Gasteiger partial charge in [0, 0.05) is 25.5 Å². The van der Waals surface area contributed by atoms with Crippen molar-refractivity contribution in [2.45, 2.75) is 18.9 Å². The largest absolute Gasteiger partial charge is 0.393 e. The SMILES string of the molecule is NC(=S)c1nccnc1N1CCC(O)CC1. The minimum Gasteiger partial charge on any atom is -0.393 e. The monoisotopic (exact) mass is 238 g/mol. The van der Waals surface area contributed by atoms with Gasteiger partial charge in [-0.25, -0.2) is 9.97 Å². The Morgan fingerprint density at radius 3 is 2.62 bits per heavy atom. The maximum Gasteiger partial charge on any atom is 0.157 e. The first-order chi connectivity index (χ1) is 7.68. The molecule has 1 aliphatic rings. The Bertz CT molecular complexity index is 390. The zero-order valence-corrected chi connectivity index (χ0v) is 9.65. The van der Waals surface area contributed by atoms with Crippen molar-refractivity contribution in [3.8, 4) is 0 Å². The fourth-order valence-electron chi connectivity index (χ4n) is 1.81.